The fourth-order valence-electron chi connectivity index (χ4n) is 3.55. The van der Waals surface area contributed by atoms with E-state index in [-0.39, 0.29) is 41.6 Å². The smallest absolute Gasteiger partial charge is 0.368 e. The van der Waals surface area contributed by atoms with Gasteiger partial charge in [0.1, 0.15) is 0 Å². The molecule has 4 aromatic rings. The number of hydrogen-bond acceptors (Lipinski definition) is 8. The minimum Gasteiger partial charge on any atom is -0.368 e. The number of hydrogen-bond donors (Lipinski definition) is 3. The van der Waals surface area contributed by atoms with E-state index >= 15 is 0 Å². The van der Waals surface area contributed by atoms with Crippen molar-refractivity contribution in [1.29, 1.82) is 0 Å². The first kappa shape index (κ1) is 24.8. The van der Waals surface area contributed by atoms with Crippen molar-refractivity contribution in [2.75, 3.05) is 18.4 Å². The lowest BCUT2D eigenvalue weighted by molar-refractivity contribution is -0.137. The monoisotopic (exact) mass is 501 g/mol. The number of nitrogens with one attached hydrogen (secondary N) is 3. The standard InChI is InChI=1S/C23H22F3N7O3/c24-23(25,26)17-9-12-27-13-16(17)21-30-19(36-33-21)8-3-7-18(34)28-10-4-11-29-20-14-5-1-2-6-15(14)22(35)32-31-20/h1-2,5-6,9,12-13H,3-4,7-8,10-11H2,(H,28,34)(H,29,31)(H,32,35). The third kappa shape index (κ3) is 6.03. The number of anilines is 1. The topological polar surface area (TPSA) is 139 Å². The number of carbonyl (C=O) groups is 1. The normalized spacial score (nSPS) is 11.5. The molecular weight excluding hydrogens is 479 g/mol. The molecule has 0 radical (unpaired) electrons. The highest BCUT2D eigenvalue weighted by Gasteiger charge is 2.34. The molecule has 3 aromatic heterocycles. The summed E-state index contributed by atoms with van der Waals surface area (Å²) in [7, 11) is 0. The van der Waals surface area contributed by atoms with Gasteiger partial charge >= 0.3 is 6.18 Å². The fourth-order valence-corrected chi connectivity index (χ4v) is 3.55. The zero-order valence-electron chi connectivity index (χ0n) is 18.9. The molecule has 0 saturated carbocycles. The summed E-state index contributed by atoms with van der Waals surface area (Å²) in [4.78, 5) is 31.6. The third-order valence-electron chi connectivity index (χ3n) is 5.29. The Morgan fingerprint density at radius 1 is 1.08 bits per heavy atom. The van der Waals surface area contributed by atoms with Crippen LogP contribution in [0.5, 0.6) is 0 Å². The number of H-pyrrole nitrogens is 1. The summed E-state index contributed by atoms with van der Waals surface area (Å²) >= 11 is 0. The van der Waals surface area contributed by atoms with Crippen LogP contribution in [-0.4, -0.2) is 44.3 Å². The second-order valence-corrected chi connectivity index (χ2v) is 7.86. The van der Waals surface area contributed by atoms with Gasteiger partial charge in [-0.25, -0.2) is 5.10 Å². The third-order valence-corrected chi connectivity index (χ3v) is 5.29. The van der Waals surface area contributed by atoms with E-state index in [0.29, 0.717) is 42.5 Å². The maximum absolute atomic E-state index is 13.2. The summed E-state index contributed by atoms with van der Waals surface area (Å²) in [5.41, 5.74) is -1.43. The number of amides is 1. The predicted molar refractivity (Wildman–Crippen MR) is 124 cm³/mol. The highest BCUT2D eigenvalue weighted by Crippen LogP contribution is 2.35. The van der Waals surface area contributed by atoms with Gasteiger partial charge in [-0.05, 0) is 25.0 Å². The number of halogens is 3. The van der Waals surface area contributed by atoms with Crippen LogP contribution < -0.4 is 16.2 Å². The van der Waals surface area contributed by atoms with E-state index in [9.17, 15) is 22.8 Å². The van der Waals surface area contributed by atoms with E-state index in [0.717, 1.165) is 18.5 Å². The second kappa shape index (κ2) is 11.0. The zero-order valence-corrected chi connectivity index (χ0v) is 18.9. The van der Waals surface area contributed by atoms with Crippen molar-refractivity contribution in [3.05, 3.63) is 64.5 Å². The van der Waals surface area contributed by atoms with Crippen molar-refractivity contribution in [2.45, 2.75) is 31.9 Å². The first-order valence-electron chi connectivity index (χ1n) is 11.1. The number of aryl methyl sites for hydroxylation is 1. The average molecular weight is 501 g/mol. The SMILES string of the molecule is O=C(CCCc1nc(-c2cnccc2C(F)(F)F)no1)NCCCNc1n[nH]c(=O)c2ccccc12. The summed E-state index contributed by atoms with van der Waals surface area (Å²) in [5, 5.41) is 17.3. The van der Waals surface area contributed by atoms with Crippen molar-refractivity contribution in [2.24, 2.45) is 0 Å². The van der Waals surface area contributed by atoms with Gasteiger partial charge in [-0.2, -0.15) is 23.3 Å². The van der Waals surface area contributed by atoms with Crippen LogP contribution in [0.4, 0.5) is 19.0 Å². The van der Waals surface area contributed by atoms with Gasteiger partial charge in [0.05, 0.1) is 16.5 Å². The van der Waals surface area contributed by atoms with Gasteiger partial charge in [0, 0.05) is 43.7 Å². The summed E-state index contributed by atoms with van der Waals surface area (Å²) in [6.45, 7) is 0.960. The summed E-state index contributed by atoms with van der Waals surface area (Å²) in [6.07, 6.45) is -1.04. The Morgan fingerprint density at radius 2 is 1.89 bits per heavy atom. The lowest BCUT2D eigenvalue weighted by Crippen LogP contribution is -2.25. The molecule has 10 nitrogen and oxygen atoms in total. The molecule has 3 N–H and O–H groups in total. The van der Waals surface area contributed by atoms with Crippen molar-refractivity contribution in [3.8, 4) is 11.4 Å². The number of fused-ring (bicyclic) bond motifs is 1. The van der Waals surface area contributed by atoms with Crippen LogP contribution >= 0.6 is 0 Å². The minimum absolute atomic E-state index is 0.139. The van der Waals surface area contributed by atoms with Crippen LogP contribution in [0, 0.1) is 0 Å². The van der Waals surface area contributed by atoms with E-state index in [2.05, 4.69) is 36.0 Å². The minimum atomic E-state index is -4.57. The molecule has 0 aliphatic carbocycles. The van der Waals surface area contributed by atoms with E-state index in [4.69, 9.17) is 4.52 Å². The molecule has 0 aliphatic heterocycles. The number of carbonyl (C=O) groups excluding carboxylic acids is 1. The molecule has 13 heteroatoms. The average Bonchev–Trinajstić information content (AvgIpc) is 3.33. The van der Waals surface area contributed by atoms with Crippen LogP contribution in [-0.2, 0) is 17.4 Å². The van der Waals surface area contributed by atoms with Crippen molar-refractivity contribution < 1.29 is 22.5 Å². The van der Waals surface area contributed by atoms with E-state index < -0.39 is 11.7 Å². The highest BCUT2D eigenvalue weighted by molar-refractivity contribution is 5.90. The van der Waals surface area contributed by atoms with Gasteiger partial charge in [-0.1, -0.05) is 23.4 Å². The number of aromatic nitrogens is 5. The molecule has 0 saturated heterocycles. The van der Waals surface area contributed by atoms with E-state index in [1.807, 2.05) is 6.07 Å². The van der Waals surface area contributed by atoms with Gasteiger partial charge in [0.2, 0.25) is 17.6 Å². The van der Waals surface area contributed by atoms with Gasteiger partial charge in [0.15, 0.2) is 5.82 Å². The molecule has 0 unspecified atom stereocenters. The molecular formula is C23H22F3N7O3. The van der Waals surface area contributed by atoms with Crippen LogP contribution in [0.2, 0.25) is 0 Å². The van der Waals surface area contributed by atoms with Gasteiger partial charge in [-0.3, -0.25) is 14.6 Å². The van der Waals surface area contributed by atoms with Crippen LogP contribution in [0.25, 0.3) is 22.2 Å². The second-order valence-electron chi connectivity index (χ2n) is 7.86. The molecule has 1 aromatic carbocycles. The van der Waals surface area contributed by atoms with Gasteiger partial charge in [0.25, 0.3) is 5.56 Å². The molecule has 3 heterocycles. The number of aromatic amines is 1. The Balaban J connectivity index is 1.18. The fraction of sp³-hybridized carbons (Fsp3) is 0.304. The number of nitrogens with zero attached hydrogens (tertiary/aromatic N) is 4. The molecule has 4 rings (SSSR count). The first-order chi connectivity index (χ1) is 17.3. The van der Waals surface area contributed by atoms with Crippen molar-refractivity contribution in [3.63, 3.8) is 0 Å². The maximum atomic E-state index is 13.2. The summed E-state index contributed by atoms with van der Waals surface area (Å²) < 4.78 is 44.5. The molecule has 0 atom stereocenters. The molecule has 1 amide bonds. The zero-order chi connectivity index (χ0) is 25.5. The molecule has 0 spiro atoms. The molecule has 36 heavy (non-hydrogen) atoms. The number of pyridine rings is 1. The quantitative estimate of drug-likeness (QED) is 0.281. The summed E-state index contributed by atoms with van der Waals surface area (Å²) in [5.74, 6) is 0.324. The van der Waals surface area contributed by atoms with Crippen molar-refractivity contribution in [1.82, 2.24) is 30.6 Å². The number of benzene rings is 1. The molecule has 188 valence electrons. The first-order valence-corrected chi connectivity index (χ1v) is 11.1. The predicted octanol–water partition coefficient (Wildman–Crippen LogP) is 3.33. The maximum Gasteiger partial charge on any atom is 0.417 e. The van der Waals surface area contributed by atoms with Gasteiger partial charge < -0.3 is 15.2 Å². The molecule has 0 aliphatic rings. The Bertz CT molecular complexity index is 1400. The Labute approximate surface area is 202 Å². The van der Waals surface area contributed by atoms with Crippen LogP contribution in [0.15, 0.2) is 52.0 Å². The summed E-state index contributed by atoms with van der Waals surface area (Å²) in [6, 6.07) is 7.97. The van der Waals surface area contributed by atoms with Crippen LogP contribution in [0.1, 0.15) is 30.7 Å². The Kier molecular flexibility index (Phi) is 7.56. The lowest BCUT2D eigenvalue weighted by Gasteiger charge is -2.09. The van der Waals surface area contributed by atoms with E-state index in [1.165, 1.54) is 0 Å². The Morgan fingerprint density at radius 3 is 2.69 bits per heavy atom. The largest absolute Gasteiger partial charge is 0.417 e. The molecule has 0 fully saturated rings. The lowest BCUT2D eigenvalue weighted by atomic mass is 10.1. The number of rotatable bonds is 10. The Hall–Kier alpha value is -4.29. The highest BCUT2D eigenvalue weighted by atomic mass is 19.4. The number of alkyl halides is 3. The van der Waals surface area contributed by atoms with Crippen molar-refractivity contribution >= 4 is 22.5 Å². The van der Waals surface area contributed by atoms with E-state index in [1.54, 1.807) is 18.2 Å². The van der Waals surface area contributed by atoms with Gasteiger partial charge in [-0.15, -0.1) is 0 Å². The molecule has 0 bridgehead atoms. The van der Waals surface area contributed by atoms with Crippen LogP contribution in [0.3, 0.4) is 0 Å².